The Kier molecular flexibility index (Phi) is 5.14. The first kappa shape index (κ1) is 16.8. The van der Waals surface area contributed by atoms with E-state index >= 15 is 0 Å². The lowest BCUT2D eigenvalue weighted by molar-refractivity contribution is 0.475. The average molecular weight is 330 g/mol. The third-order valence-corrected chi connectivity index (χ3v) is 4.09. The molecular formula is C22H22N2O. The van der Waals surface area contributed by atoms with Gasteiger partial charge in [0.25, 0.3) is 0 Å². The van der Waals surface area contributed by atoms with Crippen molar-refractivity contribution in [3.8, 4) is 5.75 Å². The van der Waals surface area contributed by atoms with Crippen LogP contribution in [0.1, 0.15) is 24.5 Å². The largest absolute Gasteiger partial charge is 0.508 e. The predicted octanol–water partition coefficient (Wildman–Crippen LogP) is 5.46. The first-order valence-corrected chi connectivity index (χ1v) is 8.35. The molecule has 1 heterocycles. The third-order valence-electron chi connectivity index (χ3n) is 4.09. The van der Waals surface area contributed by atoms with Crippen LogP contribution in [0.2, 0.25) is 0 Å². The van der Waals surface area contributed by atoms with E-state index in [0.717, 1.165) is 34.7 Å². The monoisotopic (exact) mass is 330 g/mol. The van der Waals surface area contributed by atoms with E-state index in [4.69, 9.17) is 0 Å². The Bertz CT molecular complexity index is 871. The van der Waals surface area contributed by atoms with Gasteiger partial charge in [0.15, 0.2) is 0 Å². The maximum Gasteiger partial charge on any atom is 0.116 e. The van der Waals surface area contributed by atoms with Crippen LogP contribution in [0.3, 0.4) is 0 Å². The van der Waals surface area contributed by atoms with Crippen LogP contribution in [0.25, 0.3) is 5.57 Å². The topological polar surface area (TPSA) is 44.6 Å². The molecule has 0 amide bonds. The molecular weight excluding hydrogens is 308 g/mol. The molecule has 0 saturated carbocycles. The summed E-state index contributed by atoms with van der Waals surface area (Å²) >= 11 is 0. The molecule has 0 saturated heterocycles. The summed E-state index contributed by atoms with van der Waals surface area (Å²) in [4.78, 5) is 4.45. The van der Waals surface area contributed by atoms with Gasteiger partial charge in [-0.05, 0) is 55.3 Å². The fraction of sp³-hybridized carbons (Fsp3) is 0.136. The van der Waals surface area contributed by atoms with Crippen LogP contribution in [-0.4, -0.2) is 10.8 Å². The second-order valence-corrected chi connectivity index (χ2v) is 6.14. The number of aromatic hydroxyl groups is 1. The lowest BCUT2D eigenvalue weighted by Crippen LogP contribution is -2.09. The summed E-state index contributed by atoms with van der Waals surface area (Å²) in [5.41, 5.74) is 6.34. The summed E-state index contributed by atoms with van der Waals surface area (Å²) in [6, 6.07) is 15.6. The van der Waals surface area contributed by atoms with Gasteiger partial charge in [-0.2, -0.15) is 0 Å². The van der Waals surface area contributed by atoms with Crippen molar-refractivity contribution < 1.29 is 5.11 Å². The molecule has 1 aliphatic rings. The summed E-state index contributed by atoms with van der Waals surface area (Å²) < 4.78 is 0. The molecule has 2 aromatic rings. The highest BCUT2D eigenvalue weighted by molar-refractivity contribution is 6.05. The van der Waals surface area contributed by atoms with Crippen molar-refractivity contribution in [3.63, 3.8) is 0 Å². The molecule has 0 spiro atoms. The number of phenols is 1. The maximum atomic E-state index is 9.65. The Hall–Kier alpha value is -3.07. The van der Waals surface area contributed by atoms with Gasteiger partial charge in [-0.15, -0.1) is 0 Å². The van der Waals surface area contributed by atoms with Gasteiger partial charge in [-0.3, -0.25) is 4.99 Å². The highest BCUT2D eigenvalue weighted by Gasteiger charge is 2.08. The van der Waals surface area contributed by atoms with E-state index in [1.165, 1.54) is 5.56 Å². The lowest BCUT2D eigenvalue weighted by Gasteiger charge is -2.11. The molecule has 2 aromatic carbocycles. The summed E-state index contributed by atoms with van der Waals surface area (Å²) in [5.74, 6) is 0.275. The number of aryl methyl sites for hydroxylation is 1. The Labute approximate surface area is 148 Å². The van der Waals surface area contributed by atoms with Gasteiger partial charge in [0.2, 0.25) is 0 Å². The van der Waals surface area contributed by atoms with Crippen LogP contribution < -0.4 is 5.32 Å². The minimum Gasteiger partial charge on any atom is -0.508 e. The van der Waals surface area contributed by atoms with Gasteiger partial charge in [-0.25, -0.2) is 0 Å². The molecule has 0 atom stereocenters. The van der Waals surface area contributed by atoms with Crippen LogP contribution in [0.5, 0.6) is 5.75 Å². The molecule has 0 radical (unpaired) electrons. The zero-order valence-electron chi connectivity index (χ0n) is 14.5. The van der Waals surface area contributed by atoms with E-state index in [-0.39, 0.29) is 5.75 Å². The van der Waals surface area contributed by atoms with Crippen LogP contribution in [-0.2, 0) is 0 Å². The number of aliphatic imine (C=N–C) groups is 1. The fourth-order valence-electron chi connectivity index (χ4n) is 2.60. The van der Waals surface area contributed by atoms with Crippen molar-refractivity contribution in [1.29, 1.82) is 0 Å². The molecule has 3 nitrogen and oxygen atoms in total. The number of hydrogen-bond donors (Lipinski definition) is 2. The molecule has 126 valence electrons. The normalized spacial score (nSPS) is 14.6. The Balaban J connectivity index is 1.87. The standard InChI is InChI=1S/C22H22N2O/c1-16-8-11-19(12-9-16)24-22(21-7-4-14-23-21)13-10-17(2)18-5-3-6-20(25)15-18/h3-6,8-15,24-25H,7H2,1-2H3/b17-10+,22-13+. The van der Waals surface area contributed by atoms with Gasteiger partial charge in [-0.1, -0.05) is 42.0 Å². The molecule has 3 rings (SSSR count). The molecule has 0 aliphatic carbocycles. The minimum atomic E-state index is 0.275. The van der Waals surface area contributed by atoms with Crippen molar-refractivity contribution in [1.82, 2.24) is 0 Å². The maximum absolute atomic E-state index is 9.65. The first-order valence-electron chi connectivity index (χ1n) is 8.35. The number of rotatable bonds is 5. The van der Waals surface area contributed by atoms with Gasteiger partial charge < -0.3 is 10.4 Å². The van der Waals surface area contributed by atoms with Crippen molar-refractivity contribution >= 4 is 17.0 Å². The zero-order valence-corrected chi connectivity index (χ0v) is 14.5. The number of nitrogens with one attached hydrogen (secondary N) is 1. The summed E-state index contributed by atoms with van der Waals surface area (Å²) in [6.07, 6.45) is 8.80. The summed E-state index contributed by atoms with van der Waals surface area (Å²) in [7, 11) is 0. The van der Waals surface area contributed by atoms with Crippen LogP contribution in [0.15, 0.2) is 83.6 Å². The number of allylic oxidation sites excluding steroid dienone is 5. The second kappa shape index (κ2) is 7.67. The van der Waals surface area contributed by atoms with Gasteiger partial charge >= 0.3 is 0 Å². The molecule has 0 aromatic heterocycles. The average Bonchev–Trinajstić information content (AvgIpc) is 3.14. The van der Waals surface area contributed by atoms with E-state index in [2.05, 4.69) is 41.5 Å². The molecule has 2 N–H and O–H groups in total. The van der Waals surface area contributed by atoms with Crippen LogP contribution in [0, 0.1) is 6.92 Å². The number of phenolic OH excluding ortho intramolecular Hbond substituents is 1. The minimum absolute atomic E-state index is 0.275. The third kappa shape index (κ3) is 4.48. The van der Waals surface area contributed by atoms with E-state index < -0.39 is 0 Å². The Morgan fingerprint density at radius 3 is 2.60 bits per heavy atom. The smallest absolute Gasteiger partial charge is 0.116 e. The van der Waals surface area contributed by atoms with Crippen molar-refractivity contribution in [2.75, 3.05) is 5.32 Å². The molecule has 1 aliphatic heterocycles. The van der Waals surface area contributed by atoms with Gasteiger partial charge in [0.1, 0.15) is 5.75 Å². The van der Waals surface area contributed by atoms with Crippen molar-refractivity contribution in [3.05, 3.63) is 89.8 Å². The van der Waals surface area contributed by atoms with Gasteiger partial charge in [0, 0.05) is 18.3 Å². The van der Waals surface area contributed by atoms with Crippen molar-refractivity contribution in [2.45, 2.75) is 20.3 Å². The molecule has 0 bridgehead atoms. The number of nitrogens with zero attached hydrogens (tertiary/aromatic N) is 1. The molecule has 3 heteroatoms. The van der Waals surface area contributed by atoms with E-state index in [1.807, 2.05) is 43.5 Å². The first-order chi connectivity index (χ1) is 12.1. The predicted molar refractivity (Wildman–Crippen MR) is 106 cm³/mol. The molecule has 0 fully saturated rings. The van der Waals surface area contributed by atoms with Crippen LogP contribution >= 0.6 is 0 Å². The van der Waals surface area contributed by atoms with Crippen molar-refractivity contribution in [2.24, 2.45) is 4.99 Å². The van der Waals surface area contributed by atoms with E-state index in [0.29, 0.717) is 0 Å². The second-order valence-electron chi connectivity index (χ2n) is 6.14. The molecule has 25 heavy (non-hydrogen) atoms. The number of hydrogen-bond acceptors (Lipinski definition) is 3. The zero-order chi connectivity index (χ0) is 17.6. The highest BCUT2D eigenvalue weighted by atomic mass is 16.3. The summed E-state index contributed by atoms with van der Waals surface area (Å²) in [5, 5.41) is 13.1. The highest BCUT2D eigenvalue weighted by Crippen LogP contribution is 2.20. The number of anilines is 1. The van der Waals surface area contributed by atoms with E-state index in [1.54, 1.807) is 12.1 Å². The Morgan fingerprint density at radius 1 is 1.12 bits per heavy atom. The lowest BCUT2D eigenvalue weighted by atomic mass is 10.1. The Morgan fingerprint density at radius 2 is 1.92 bits per heavy atom. The quantitative estimate of drug-likeness (QED) is 0.715. The van der Waals surface area contributed by atoms with Crippen LogP contribution in [0.4, 0.5) is 5.69 Å². The fourth-order valence-corrected chi connectivity index (χ4v) is 2.60. The molecule has 0 unspecified atom stereocenters. The van der Waals surface area contributed by atoms with E-state index in [9.17, 15) is 5.11 Å². The number of benzene rings is 2. The SMILES string of the molecule is C/C(=C\C=C(\Nc1ccc(C)cc1)C1=NC=CC1)c1cccc(O)c1. The summed E-state index contributed by atoms with van der Waals surface area (Å²) in [6.45, 7) is 4.11. The van der Waals surface area contributed by atoms with Gasteiger partial charge in [0.05, 0.1) is 11.4 Å².